The lowest BCUT2D eigenvalue weighted by Gasteiger charge is -2.15. The number of aromatic nitrogens is 3. The van der Waals surface area contributed by atoms with Crippen LogP contribution in [0.2, 0.25) is 5.02 Å². The number of rotatable bonds is 6. The Hall–Kier alpha value is -1.68. The molecule has 0 aliphatic carbocycles. The van der Waals surface area contributed by atoms with Gasteiger partial charge in [-0.05, 0) is 30.5 Å². The predicted octanol–water partition coefficient (Wildman–Crippen LogP) is 3.70. The molecule has 0 atom stereocenters. The van der Waals surface area contributed by atoms with Crippen LogP contribution in [0, 0.1) is 0 Å². The summed E-state index contributed by atoms with van der Waals surface area (Å²) in [6.45, 7) is 4.80. The minimum absolute atomic E-state index is 0.296. The van der Waals surface area contributed by atoms with E-state index < -0.39 is 0 Å². The minimum Gasteiger partial charge on any atom is -0.296 e. The van der Waals surface area contributed by atoms with E-state index in [-0.39, 0.29) is 0 Å². The third kappa shape index (κ3) is 3.07. The molecule has 0 N–H and O–H groups in total. The number of benzene rings is 1. The van der Waals surface area contributed by atoms with E-state index in [1.807, 2.05) is 28.9 Å². The Morgan fingerprint density at radius 3 is 2.70 bits per heavy atom. The topological polar surface area (TPSA) is 47.8 Å². The maximum absolute atomic E-state index is 11.1. The Morgan fingerprint density at radius 1 is 1.35 bits per heavy atom. The smallest absolute Gasteiger partial charge is 0.172 e. The summed E-state index contributed by atoms with van der Waals surface area (Å²) in [6, 6.07) is 7.64. The lowest BCUT2D eigenvalue weighted by atomic mass is 9.97. The highest BCUT2D eigenvalue weighted by Gasteiger charge is 2.19. The van der Waals surface area contributed by atoms with Gasteiger partial charge in [-0.1, -0.05) is 42.8 Å². The summed E-state index contributed by atoms with van der Waals surface area (Å²) in [5, 5.41) is 8.80. The van der Waals surface area contributed by atoms with Gasteiger partial charge in [0.15, 0.2) is 6.29 Å². The lowest BCUT2D eigenvalue weighted by molar-refractivity contribution is 0.111. The predicted molar refractivity (Wildman–Crippen MR) is 79.3 cm³/mol. The zero-order chi connectivity index (χ0) is 14.5. The Bertz CT molecular complexity index is 591. The van der Waals surface area contributed by atoms with Crippen molar-refractivity contribution in [2.45, 2.75) is 39.2 Å². The van der Waals surface area contributed by atoms with Crippen molar-refractivity contribution in [2.24, 2.45) is 0 Å². The summed E-state index contributed by atoms with van der Waals surface area (Å²) in [5.74, 6) is 0.296. The van der Waals surface area contributed by atoms with Gasteiger partial charge in [0.25, 0.3) is 0 Å². The van der Waals surface area contributed by atoms with Gasteiger partial charge in [-0.3, -0.25) is 4.79 Å². The Morgan fingerprint density at radius 2 is 2.10 bits per heavy atom. The van der Waals surface area contributed by atoms with Crippen molar-refractivity contribution in [1.82, 2.24) is 15.0 Å². The van der Waals surface area contributed by atoms with Crippen LogP contribution in [0.15, 0.2) is 24.3 Å². The van der Waals surface area contributed by atoms with Crippen LogP contribution in [0.5, 0.6) is 0 Å². The van der Waals surface area contributed by atoms with Crippen molar-refractivity contribution in [3.05, 3.63) is 46.2 Å². The number of halogens is 1. The third-order valence-electron chi connectivity index (χ3n) is 3.51. The molecule has 2 aromatic rings. The molecule has 20 heavy (non-hydrogen) atoms. The molecule has 0 fully saturated rings. The van der Waals surface area contributed by atoms with Crippen molar-refractivity contribution < 1.29 is 4.79 Å². The highest BCUT2D eigenvalue weighted by Crippen LogP contribution is 2.25. The molecule has 5 heteroatoms. The van der Waals surface area contributed by atoms with E-state index in [0.29, 0.717) is 23.2 Å². The van der Waals surface area contributed by atoms with Gasteiger partial charge in [-0.2, -0.15) is 0 Å². The van der Waals surface area contributed by atoms with Crippen LogP contribution in [0.3, 0.4) is 0 Å². The van der Waals surface area contributed by atoms with Gasteiger partial charge in [0.1, 0.15) is 5.69 Å². The van der Waals surface area contributed by atoms with E-state index in [0.717, 1.165) is 30.4 Å². The van der Waals surface area contributed by atoms with E-state index >= 15 is 0 Å². The average Bonchev–Trinajstić information content (AvgIpc) is 2.83. The highest BCUT2D eigenvalue weighted by atomic mass is 35.5. The second-order valence-corrected chi connectivity index (χ2v) is 5.22. The molecule has 2 rings (SSSR count). The standard InChI is InChI=1S/C15H18ClN3O/c1-3-12(4-2)15-14(10-20)17-18-19(15)9-11-6-5-7-13(16)8-11/h5-8,10,12H,3-4,9H2,1-2H3. The van der Waals surface area contributed by atoms with Crippen molar-refractivity contribution in [1.29, 1.82) is 0 Å². The zero-order valence-corrected chi connectivity index (χ0v) is 12.5. The molecular formula is C15H18ClN3O. The van der Waals surface area contributed by atoms with Gasteiger partial charge < -0.3 is 0 Å². The van der Waals surface area contributed by atoms with Gasteiger partial charge >= 0.3 is 0 Å². The van der Waals surface area contributed by atoms with Crippen LogP contribution in [0.25, 0.3) is 0 Å². The van der Waals surface area contributed by atoms with Gasteiger partial charge in [0.2, 0.25) is 0 Å². The molecule has 0 bridgehead atoms. The Kier molecular flexibility index (Phi) is 4.90. The number of nitrogens with zero attached hydrogens (tertiary/aromatic N) is 3. The maximum atomic E-state index is 11.1. The zero-order valence-electron chi connectivity index (χ0n) is 11.7. The molecule has 0 amide bonds. The number of carbonyl (C=O) groups is 1. The van der Waals surface area contributed by atoms with E-state index in [2.05, 4.69) is 24.2 Å². The van der Waals surface area contributed by atoms with Crippen LogP contribution in [-0.2, 0) is 6.54 Å². The molecule has 1 aromatic heterocycles. The van der Waals surface area contributed by atoms with Crippen LogP contribution < -0.4 is 0 Å². The maximum Gasteiger partial charge on any atom is 0.172 e. The van der Waals surface area contributed by atoms with Gasteiger partial charge in [-0.25, -0.2) is 4.68 Å². The van der Waals surface area contributed by atoms with Crippen LogP contribution >= 0.6 is 11.6 Å². The fourth-order valence-electron chi connectivity index (χ4n) is 2.44. The summed E-state index contributed by atoms with van der Waals surface area (Å²) in [5.41, 5.74) is 2.41. The molecule has 0 saturated carbocycles. The monoisotopic (exact) mass is 291 g/mol. The molecule has 0 radical (unpaired) electrons. The van der Waals surface area contributed by atoms with Crippen LogP contribution in [0.4, 0.5) is 0 Å². The number of hydrogen-bond acceptors (Lipinski definition) is 3. The molecule has 0 aliphatic heterocycles. The summed E-state index contributed by atoms with van der Waals surface area (Å²) < 4.78 is 1.81. The molecule has 4 nitrogen and oxygen atoms in total. The molecule has 106 valence electrons. The number of aldehydes is 1. The van der Waals surface area contributed by atoms with Crippen LogP contribution in [0.1, 0.15) is 54.4 Å². The first kappa shape index (κ1) is 14.7. The summed E-state index contributed by atoms with van der Waals surface area (Å²) >= 11 is 6.00. The summed E-state index contributed by atoms with van der Waals surface area (Å²) in [4.78, 5) is 11.1. The first-order valence-electron chi connectivity index (χ1n) is 6.82. The number of carbonyl (C=O) groups excluding carboxylic acids is 1. The van der Waals surface area contributed by atoms with E-state index in [4.69, 9.17) is 11.6 Å². The molecular weight excluding hydrogens is 274 g/mol. The van der Waals surface area contributed by atoms with E-state index in [1.54, 1.807) is 0 Å². The minimum atomic E-state index is 0.296. The SMILES string of the molecule is CCC(CC)c1c(C=O)nnn1Cc1cccc(Cl)c1. The molecule has 0 saturated heterocycles. The van der Waals surface area contributed by atoms with Crippen molar-refractivity contribution in [2.75, 3.05) is 0 Å². The van der Waals surface area contributed by atoms with Crippen LogP contribution in [-0.4, -0.2) is 21.3 Å². The first-order valence-corrected chi connectivity index (χ1v) is 7.20. The fraction of sp³-hybridized carbons (Fsp3) is 0.400. The summed E-state index contributed by atoms with van der Waals surface area (Å²) in [6.07, 6.45) is 2.70. The quantitative estimate of drug-likeness (QED) is 0.763. The second-order valence-electron chi connectivity index (χ2n) is 4.78. The van der Waals surface area contributed by atoms with Gasteiger partial charge in [0, 0.05) is 10.9 Å². The summed E-state index contributed by atoms with van der Waals surface area (Å²) in [7, 11) is 0. The van der Waals surface area contributed by atoms with Crippen molar-refractivity contribution in [3.63, 3.8) is 0 Å². The molecule has 1 aromatic carbocycles. The molecule has 1 heterocycles. The largest absolute Gasteiger partial charge is 0.296 e. The third-order valence-corrected chi connectivity index (χ3v) is 3.74. The second kappa shape index (κ2) is 6.66. The van der Waals surface area contributed by atoms with E-state index in [9.17, 15) is 4.79 Å². The fourth-order valence-corrected chi connectivity index (χ4v) is 2.65. The van der Waals surface area contributed by atoms with Crippen molar-refractivity contribution in [3.8, 4) is 0 Å². The van der Waals surface area contributed by atoms with Gasteiger partial charge in [-0.15, -0.1) is 5.10 Å². The molecule has 0 aliphatic rings. The normalized spacial score (nSPS) is 11.0. The molecule has 0 unspecified atom stereocenters. The number of hydrogen-bond donors (Lipinski definition) is 0. The Balaban J connectivity index is 2.36. The first-order chi connectivity index (χ1) is 9.69. The highest BCUT2D eigenvalue weighted by molar-refractivity contribution is 6.30. The van der Waals surface area contributed by atoms with E-state index in [1.165, 1.54) is 0 Å². The Labute approximate surface area is 123 Å². The van der Waals surface area contributed by atoms with Crippen molar-refractivity contribution >= 4 is 17.9 Å². The molecule has 0 spiro atoms. The average molecular weight is 292 g/mol. The lowest BCUT2D eigenvalue weighted by Crippen LogP contribution is -2.11. The van der Waals surface area contributed by atoms with Gasteiger partial charge in [0.05, 0.1) is 12.2 Å².